The Bertz CT molecular complexity index is 184. The molecule has 48 valence electrons. The first kappa shape index (κ1) is 6.56. The van der Waals surface area contributed by atoms with Gasteiger partial charge in [-0.05, 0) is 34.4 Å². The van der Waals surface area contributed by atoms with E-state index in [0.717, 1.165) is 6.42 Å². The van der Waals surface area contributed by atoms with E-state index in [1.165, 1.54) is 11.1 Å². The summed E-state index contributed by atoms with van der Waals surface area (Å²) in [6, 6.07) is 2.11. The molecular weight excluding hydrogens is 128 g/mol. The van der Waals surface area contributed by atoms with Crippen LogP contribution in [-0.2, 0) is 0 Å². The Morgan fingerprint density at radius 3 is 3.00 bits per heavy atom. The summed E-state index contributed by atoms with van der Waals surface area (Å²) >= 11 is 1.72. The van der Waals surface area contributed by atoms with Gasteiger partial charge in [-0.1, -0.05) is 13.5 Å². The van der Waals surface area contributed by atoms with Crippen molar-refractivity contribution in [2.75, 3.05) is 0 Å². The van der Waals surface area contributed by atoms with Gasteiger partial charge in [-0.15, -0.1) is 0 Å². The second kappa shape index (κ2) is 2.83. The molecule has 0 spiro atoms. The minimum atomic E-state index is 1.05. The van der Waals surface area contributed by atoms with Gasteiger partial charge in [-0.25, -0.2) is 0 Å². The van der Waals surface area contributed by atoms with Crippen LogP contribution in [0.25, 0.3) is 5.57 Å². The zero-order valence-electron chi connectivity index (χ0n) is 5.55. The van der Waals surface area contributed by atoms with Crippen LogP contribution in [-0.4, -0.2) is 0 Å². The molecule has 0 fully saturated rings. The SMILES string of the molecule is C=C(CC)c1ccsc1. The number of allylic oxidation sites excluding steroid dienone is 1. The summed E-state index contributed by atoms with van der Waals surface area (Å²) in [7, 11) is 0. The molecular formula is C8H10S. The zero-order chi connectivity index (χ0) is 6.69. The van der Waals surface area contributed by atoms with E-state index in [9.17, 15) is 0 Å². The first-order valence-electron chi connectivity index (χ1n) is 3.05. The first-order chi connectivity index (χ1) is 4.34. The summed E-state index contributed by atoms with van der Waals surface area (Å²) in [5.74, 6) is 0. The normalized spacial score (nSPS) is 9.44. The van der Waals surface area contributed by atoms with E-state index < -0.39 is 0 Å². The second-order valence-corrected chi connectivity index (χ2v) is 2.75. The lowest BCUT2D eigenvalue weighted by atomic mass is 10.1. The second-order valence-electron chi connectivity index (χ2n) is 1.97. The van der Waals surface area contributed by atoms with Crippen LogP contribution >= 0.6 is 11.3 Å². The molecule has 1 aromatic rings. The minimum absolute atomic E-state index is 1.05. The first-order valence-corrected chi connectivity index (χ1v) is 3.99. The predicted molar refractivity (Wildman–Crippen MR) is 43.6 cm³/mol. The zero-order valence-corrected chi connectivity index (χ0v) is 6.37. The highest BCUT2D eigenvalue weighted by atomic mass is 32.1. The van der Waals surface area contributed by atoms with Crippen molar-refractivity contribution in [2.24, 2.45) is 0 Å². The van der Waals surface area contributed by atoms with Gasteiger partial charge in [0.1, 0.15) is 0 Å². The van der Waals surface area contributed by atoms with Crippen LogP contribution in [0.1, 0.15) is 18.9 Å². The molecule has 0 aromatic carbocycles. The Morgan fingerprint density at radius 1 is 1.78 bits per heavy atom. The summed E-state index contributed by atoms with van der Waals surface area (Å²) in [5, 5.41) is 4.21. The van der Waals surface area contributed by atoms with Crippen molar-refractivity contribution >= 4 is 16.9 Å². The third-order valence-electron chi connectivity index (χ3n) is 1.36. The van der Waals surface area contributed by atoms with Crippen LogP contribution in [0.4, 0.5) is 0 Å². The Hall–Kier alpha value is -0.560. The molecule has 0 aliphatic heterocycles. The Balaban J connectivity index is 2.77. The van der Waals surface area contributed by atoms with E-state index in [-0.39, 0.29) is 0 Å². The van der Waals surface area contributed by atoms with Gasteiger partial charge in [0, 0.05) is 0 Å². The smallest absolute Gasteiger partial charge is 0.00182 e. The van der Waals surface area contributed by atoms with Crippen LogP contribution in [0.5, 0.6) is 0 Å². The Labute approximate surface area is 59.8 Å². The third-order valence-corrected chi connectivity index (χ3v) is 2.04. The van der Waals surface area contributed by atoms with Crippen molar-refractivity contribution in [2.45, 2.75) is 13.3 Å². The fourth-order valence-corrected chi connectivity index (χ4v) is 1.37. The number of hydrogen-bond donors (Lipinski definition) is 0. The lowest BCUT2D eigenvalue weighted by Crippen LogP contribution is -1.72. The summed E-state index contributed by atoms with van der Waals surface area (Å²) in [6.45, 7) is 6.05. The van der Waals surface area contributed by atoms with Crippen molar-refractivity contribution in [3.05, 3.63) is 29.0 Å². The van der Waals surface area contributed by atoms with Gasteiger partial charge < -0.3 is 0 Å². The van der Waals surface area contributed by atoms with Gasteiger partial charge >= 0.3 is 0 Å². The number of hydrogen-bond acceptors (Lipinski definition) is 1. The van der Waals surface area contributed by atoms with Gasteiger partial charge in [0.05, 0.1) is 0 Å². The van der Waals surface area contributed by atoms with Gasteiger partial charge in [0.15, 0.2) is 0 Å². The summed E-state index contributed by atoms with van der Waals surface area (Å²) in [4.78, 5) is 0. The van der Waals surface area contributed by atoms with E-state index >= 15 is 0 Å². The standard InChI is InChI=1S/C8H10S/c1-3-7(2)8-4-5-9-6-8/h4-6H,2-3H2,1H3. The maximum absolute atomic E-state index is 3.92. The lowest BCUT2D eigenvalue weighted by Gasteiger charge is -1.94. The molecule has 9 heavy (non-hydrogen) atoms. The minimum Gasteiger partial charge on any atom is -0.152 e. The molecule has 0 N–H and O–H groups in total. The van der Waals surface area contributed by atoms with E-state index in [0.29, 0.717) is 0 Å². The third kappa shape index (κ3) is 1.42. The largest absolute Gasteiger partial charge is 0.152 e. The molecule has 0 saturated heterocycles. The van der Waals surface area contributed by atoms with Crippen LogP contribution < -0.4 is 0 Å². The number of rotatable bonds is 2. The van der Waals surface area contributed by atoms with Crippen molar-refractivity contribution in [3.8, 4) is 0 Å². The average Bonchev–Trinajstić information content (AvgIpc) is 2.37. The van der Waals surface area contributed by atoms with E-state index in [1.807, 2.05) is 0 Å². The fourth-order valence-electron chi connectivity index (χ4n) is 0.670. The molecule has 0 unspecified atom stereocenters. The predicted octanol–water partition coefficient (Wildman–Crippen LogP) is 3.17. The highest BCUT2D eigenvalue weighted by Gasteiger charge is 1.93. The number of thiophene rings is 1. The highest BCUT2D eigenvalue weighted by molar-refractivity contribution is 7.08. The maximum atomic E-state index is 3.92. The molecule has 0 nitrogen and oxygen atoms in total. The lowest BCUT2D eigenvalue weighted by molar-refractivity contribution is 1.25. The molecule has 1 heterocycles. The van der Waals surface area contributed by atoms with Crippen LogP contribution in [0.3, 0.4) is 0 Å². The quantitative estimate of drug-likeness (QED) is 0.589. The molecule has 1 aromatic heterocycles. The molecule has 0 aliphatic rings. The molecule has 0 atom stereocenters. The van der Waals surface area contributed by atoms with Crippen LogP contribution in [0, 0.1) is 0 Å². The van der Waals surface area contributed by atoms with Crippen molar-refractivity contribution in [1.82, 2.24) is 0 Å². The summed E-state index contributed by atoms with van der Waals surface area (Å²) < 4.78 is 0. The molecule has 0 aliphatic carbocycles. The topological polar surface area (TPSA) is 0 Å². The molecule has 0 amide bonds. The van der Waals surface area contributed by atoms with Crippen molar-refractivity contribution in [3.63, 3.8) is 0 Å². The molecule has 0 radical (unpaired) electrons. The molecule has 1 heteroatoms. The van der Waals surface area contributed by atoms with Crippen LogP contribution in [0.15, 0.2) is 23.4 Å². The molecule has 0 bridgehead atoms. The summed E-state index contributed by atoms with van der Waals surface area (Å²) in [6.07, 6.45) is 1.05. The molecule has 1 rings (SSSR count). The maximum Gasteiger partial charge on any atom is -0.00182 e. The molecule has 0 saturated carbocycles. The van der Waals surface area contributed by atoms with Crippen molar-refractivity contribution < 1.29 is 0 Å². The van der Waals surface area contributed by atoms with Gasteiger partial charge in [-0.3, -0.25) is 0 Å². The Kier molecular flexibility index (Phi) is 2.06. The van der Waals surface area contributed by atoms with E-state index in [1.54, 1.807) is 11.3 Å². The van der Waals surface area contributed by atoms with Crippen molar-refractivity contribution in [1.29, 1.82) is 0 Å². The van der Waals surface area contributed by atoms with E-state index in [2.05, 4.69) is 30.3 Å². The van der Waals surface area contributed by atoms with Gasteiger partial charge in [-0.2, -0.15) is 11.3 Å². The average molecular weight is 138 g/mol. The van der Waals surface area contributed by atoms with Crippen LogP contribution in [0.2, 0.25) is 0 Å². The highest BCUT2D eigenvalue weighted by Crippen LogP contribution is 2.17. The van der Waals surface area contributed by atoms with Gasteiger partial charge in [0.25, 0.3) is 0 Å². The Morgan fingerprint density at radius 2 is 2.56 bits per heavy atom. The summed E-state index contributed by atoms with van der Waals surface area (Å²) in [5.41, 5.74) is 2.53. The van der Waals surface area contributed by atoms with Gasteiger partial charge in [0.2, 0.25) is 0 Å². The monoisotopic (exact) mass is 138 g/mol. The fraction of sp³-hybridized carbons (Fsp3) is 0.250. The van der Waals surface area contributed by atoms with E-state index in [4.69, 9.17) is 0 Å².